The number of rotatable bonds is 5. The van der Waals surface area contributed by atoms with Crippen LogP contribution in [0.5, 0.6) is 0 Å². The minimum Gasteiger partial charge on any atom is -0.376 e. The predicted octanol–water partition coefficient (Wildman–Crippen LogP) is 4.13. The van der Waals surface area contributed by atoms with Crippen molar-refractivity contribution in [2.24, 2.45) is 0 Å². The summed E-state index contributed by atoms with van der Waals surface area (Å²) >= 11 is 3.42. The highest BCUT2D eigenvalue weighted by Gasteiger charge is 2.08. The van der Waals surface area contributed by atoms with Gasteiger partial charge >= 0.3 is 0 Å². The molecule has 0 aliphatic rings. The van der Waals surface area contributed by atoms with Crippen molar-refractivity contribution in [3.63, 3.8) is 0 Å². The number of hydrogen-bond donors (Lipinski definition) is 2. The largest absolute Gasteiger partial charge is 0.376 e. The van der Waals surface area contributed by atoms with Crippen LogP contribution in [0.15, 0.2) is 59.3 Å². The maximum absolute atomic E-state index is 14.2. The number of carbonyl (C=O) groups is 1. The number of nitrogens with zero attached hydrogens (tertiary/aromatic N) is 2. The third-order valence-corrected chi connectivity index (χ3v) is 4.21. The minimum absolute atomic E-state index is 0.0286. The SMILES string of the molecule is Cc1ccc(NC(=O)CNc2ccc(-n3cccn3)c(F)c2)c(Br)c1. The van der Waals surface area contributed by atoms with Crippen molar-refractivity contribution in [2.45, 2.75) is 6.92 Å². The zero-order valence-electron chi connectivity index (χ0n) is 13.5. The monoisotopic (exact) mass is 402 g/mol. The summed E-state index contributed by atoms with van der Waals surface area (Å²) in [5.74, 6) is -0.642. The highest BCUT2D eigenvalue weighted by atomic mass is 79.9. The Kier molecular flexibility index (Phi) is 5.14. The van der Waals surface area contributed by atoms with Gasteiger partial charge in [-0.3, -0.25) is 4.79 Å². The Morgan fingerprint density at radius 1 is 1.28 bits per heavy atom. The van der Waals surface area contributed by atoms with E-state index < -0.39 is 5.82 Å². The molecule has 0 radical (unpaired) electrons. The molecule has 25 heavy (non-hydrogen) atoms. The van der Waals surface area contributed by atoms with E-state index in [0.717, 1.165) is 10.0 Å². The van der Waals surface area contributed by atoms with Crippen molar-refractivity contribution in [3.8, 4) is 5.69 Å². The van der Waals surface area contributed by atoms with Crippen LogP contribution in [0.3, 0.4) is 0 Å². The Balaban J connectivity index is 1.61. The normalized spacial score (nSPS) is 10.5. The minimum atomic E-state index is -0.421. The molecule has 3 aromatic rings. The maximum Gasteiger partial charge on any atom is 0.243 e. The van der Waals surface area contributed by atoms with Crippen LogP contribution < -0.4 is 10.6 Å². The van der Waals surface area contributed by atoms with Crippen molar-refractivity contribution in [1.82, 2.24) is 9.78 Å². The van der Waals surface area contributed by atoms with Crippen LogP contribution >= 0.6 is 15.9 Å². The molecule has 1 heterocycles. The number of anilines is 2. The third-order valence-electron chi connectivity index (χ3n) is 3.55. The zero-order chi connectivity index (χ0) is 17.8. The van der Waals surface area contributed by atoms with E-state index in [9.17, 15) is 9.18 Å². The molecule has 0 unspecified atom stereocenters. The van der Waals surface area contributed by atoms with Gasteiger partial charge in [0.2, 0.25) is 5.91 Å². The van der Waals surface area contributed by atoms with Crippen LogP contribution in [0.25, 0.3) is 5.69 Å². The van der Waals surface area contributed by atoms with Gasteiger partial charge in [0.05, 0.1) is 12.2 Å². The molecule has 0 fully saturated rings. The van der Waals surface area contributed by atoms with Crippen LogP contribution in [0.4, 0.5) is 15.8 Å². The van der Waals surface area contributed by atoms with E-state index in [0.29, 0.717) is 17.1 Å². The van der Waals surface area contributed by atoms with Crippen LogP contribution in [-0.2, 0) is 4.79 Å². The van der Waals surface area contributed by atoms with E-state index in [1.807, 2.05) is 25.1 Å². The molecule has 0 saturated carbocycles. The molecular weight excluding hydrogens is 387 g/mol. The van der Waals surface area contributed by atoms with Crippen molar-refractivity contribution >= 4 is 33.2 Å². The second-order valence-electron chi connectivity index (χ2n) is 5.50. The summed E-state index contributed by atoms with van der Waals surface area (Å²) in [7, 11) is 0. The summed E-state index contributed by atoms with van der Waals surface area (Å²) in [6.07, 6.45) is 3.25. The molecule has 128 valence electrons. The smallest absolute Gasteiger partial charge is 0.243 e. The van der Waals surface area contributed by atoms with Gasteiger partial charge in [-0.25, -0.2) is 9.07 Å². The fraction of sp³-hybridized carbons (Fsp3) is 0.111. The molecule has 0 bridgehead atoms. The van der Waals surface area contributed by atoms with Crippen molar-refractivity contribution in [1.29, 1.82) is 0 Å². The van der Waals surface area contributed by atoms with E-state index in [-0.39, 0.29) is 12.5 Å². The standard InChI is InChI=1S/C18H16BrFN4O/c1-12-3-5-16(14(19)9-12)23-18(25)11-21-13-4-6-17(15(20)10-13)24-8-2-7-22-24/h2-10,21H,11H2,1H3,(H,23,25). The quantitative estimate of drug-likeness (QED) is 0.674. The van der Waals surface area contributed by atoms with Gasteiger partial charge in [0.15, 0.2) is 5.82 Å². The topological polar surface area (TPSA) is 59.0 Å². The summed E-state index contributed by atoms with van der Waals surface area (Å²) in [4.78, 5) is 12.1. The van der Waals surface area contributed by atoms with Crippen LogP contribution in [0.1, 0.15) is 5.56 Å². The van der Waals surface area contributed by atoms with Crippen LogP contribution in [0.2, 0.25) is 0 Å². The first-order valence-electron chi connectivity index (χ1n) is 7.62. The van der Waals surface area contributed by atoms with Gasteiger partial charge in [0.25, 0.3) is 0 Å². The lowest BCUT2D eigenvalue weighted by Crippen LogP contribution is -2.22. The summed E-state index contributed by atoms with van der Waals surface area (Å²) < 4.78 is 16.4. The van der Waals surface area contributed by atoms with Crippen molar-refractivity contribution in [3.05, 3.63) is 70.7 Å². The highest BCUT2D eigenvalue weighted by molar-refractivity contribution is 9.10. The second-order valence-corrected chi connectivity index (χ2v) is 6.36. The van der Waals surface area contributed by atoms with Gasteiger partial charge in [-0.2, -0.15) is 5.10 Å². The third kappa shape index (κ3) is 4.24. The summed E-state index contributed by atoms with van der Waals surface area (Å²) in [5, 5.41) is 9.71. The number of hydrogen-bond acceptors (Lipinski definition) is 3. The Hall–Kier alpha value is -2.67. The van der Waals surface area contributed by atoms with Crippen molar-refractivity contribution in [2.75, 3.05) is 17.2 Å². The fourth-order valence-electron chi connectivity index (χ4n) is 2.31. The van der Waals surface area contributed by atoms with E-state index in [4.69, 9.17) is 0 Å². The molecule has 0 spiro atoms. The van der Waals surface area contributed by atoms with E-state index >= 15 is 0 Å². The Bertz CT molecular complexity index is 896. The average molecular weight is 403 g/mol. The Morgan fingerprint density at radius 3 is 2.80 bits per heavy atom. The lowest BCUT2D eigenvalue weighted by molar-refractivity contribution is -0.114. The van der Waals surface area contributed by atoms with Gasteiger partial charge in [0.1, 0.15) is 5.69 Å². The van der Waals surface area contributed by atoms with E-state index in [1.54, 1.807) is 30.6 Å². The van der Waals surface area contributed by atoms with Crippen LogP contribution in [0, 0.1) is 12.7 Å². The van der Waals surface area contributed by atoms with Gasteiger partial charge in [0, 0.05) is 22.6 Å². The van der Waals surface area contributed by atoms with E-state index in [1.165, 1.54) is 10.7 Å². The Labute approximate surface area is 153 Å². The Morgan fingerprint density at radius 2 is 2.12 bits per heavy atom. The van der Waals surface area contributed by atoms with Gasteiger partial charge < -0.3 is 10.6 Å². The van der Waals surface area contributed by atoms with Gasteiger partial charge in [-0.15, -0.1) is 0 Å². The molecule has 0 aliphatic carbocycles. The number of benzene rings is 2. The number of aromatic nitrogens is 2. The molecule has 0 aliphatic heterocycles. The molecule has 1 aromatic heterocycles. The predicted molar refractivity (Wildman–Crippen MR) is 99.5 cm³/mol. The number of halogens is 2. The first kappa shape index (κ1) is 17.2. The van der Waals surface area contributed by atoms with Gasteiger partial charge in [-0.1, -0.05) is 6.07 Å². The molecule has 0 saturated heterocycles. The summed E-state index contributed by atoms with van der Waals surface area (Å²) in [6, 6.07) is 12.0. The zero-order valence-corrected chi connectivity index (χ0v) is 15.0. The average Bonchev–Trinajstić information content (AvgIpc) is 3.10. The molecule has 2 aromatic carbocycles. The molecule has 0 atom stereocenters. The highest BCUT2D eigenvalue weighted by Crippen LogP contribution is 2.23. The lowest BCUT2D eigenvalue weighted by atomic mass is 10.2. The molecule has 1 amide bonds. The van der Waals surface area contributed by atoms with Gasteiger partial charge in [-0.05, 0) is 64.8 Å². The summed E-state index contributed by atoms with van der Waals surface area (Å²) in [5.41, 5.74) is 2.66. The fourth-order valence-corrected chi connectivity index (χ4v) is 2.90. The molecular formula is C18H16BrFN4O. The lowest BCUT2D eigenvalue weighted by Gasteiger charge is -2.11. The number of aryl methyl sites for hydroxylation is 1. The maximum atomic E-state index is 14.2. The second kappa shape index (κ2) is 7.48. The first-order valence-corrected chi connectivity index (χ1v) is 8.41. The number of carbonyl (C=O) groups excluding carboxylic acids is 1. The molecule has 2 N–H and O–H groups in total. The first-order chi connectivity index (χ1) is 12.0. The molecule has 7 heteroatoms. The van der Waals surface area contributed by atoms with Crippen LogP contribution in [-0.4, -0.2) is 22.2 Å². The molecule has 5 nitrogen and oxygen atoms in total. The molecule has 3 rings (SSSR count). The summed E-state index contributed by atoms with van der Waals surface area (Å²) in [6.45, 7) is 2.00. The number of nitrogens with one attached hydrogen (secondary N) is 2. The number of amides is 1. The van der Waals surface area contributed by atoms with Crippen molar-refractivity contribution < 1.29 is 9.18 Å². The van der Waals surface area contributed by atoms with E-state index in [2.05, 4.69) is 31.7 Å².